The number of guanidine groups is 1. The van der Waals surface area contributed by atoms with Gasteiger partial charge in [-0.2, -0.15) is 0 Å². The number of aliphatic imine (C=N–C) groups is 1. The van der Waals surface area contributed by atoms with E-state index >= 15 is 0 Å². The zero-order chi connectivity index (χ0) is 22.1. The zero-order valence-electron chi connectivity index (χ0n) is 19.7. The molecule has 1 N–H and O–H groups in total. The molecule has 9 heteroatoms. The van der Waals surface area contributed by atoms with E-state index < -0.39 is 0 Å². The van der Waals surface area contributed by atoms with Gasteiger partial charge in [0.1, 0.15) is 6.54 Å². The van der Waals surface area contributed by atoms with E-state index in [1.54, 1.807) is 19.0 Å². The first kappa shape index (κ1) is 26.6. The van der Waals surface area contributed by atoms with Crippen molar-refractivity contribution in [3.8, 4) is 0 Å². The van der Waals surface area contributed by atoms with Crippen molar-refractivity contribution in [3.63, 3.8) is 0 Å². The van der Waals surface area contributed by atoms with Crippen molar-refractivity contribution >= 4 is 41.5 Å². The molecule has 0 saturated carbocycles. The number of amides is 1. The van der Waals surface area contributed by atoms with E-state index in [-0.39, 0.29) is 36.4 Å². The Morgan fingerprint density at radius 2 is 1.91 bits per heavy atom. The molecule has 2 fully saturated rings. The number of hydrogen-bond donors (Lipinski definition) is 1. The number of rotatable bonds is 8. The van der Waals surface area contributed by atoms with E-state index in [0.717, 1.165) is 58.2 Å². The number of carbonyl (C=O) groups excluding carboxylic acids is 1. The third-order valence-corrected chi connectivity index (χ3v) is 6.31. The lowest BCUT2D eigenvalue weighted by Gasteiger charge is -2.34. The average molecular weight is 559 g/mol. The summed E-state index contributed by atoms with van der Waals surface area (Å²) < 4.78 is 5.49. The molecule has 1 amide bonds. The minimum Gasteiger partial charge on any atom is -0.381 e. The summed E-state index contributed by atoms with van der Waals surface area (Å²) in [6.07, 6.45) is 8.35. The van der Waals surface area contributed by atoms with E-state index in [1.165, 1.54) is 18.5 Å². The second-order valence-electron chi connectivity index (χ2n) is 8.88. The van der Waals surface area contributed by atoms with E-state index in [0.29, 0.717) is 11.8 Å². The first-order valence-corrected chi connectivity index (χ1v) is 11.4. The number of aromatic nitrogens is 1. The molecule has 1 aromatic heterocycles. The Labute approximate surface area is 209 Å². The molecule has 2 aliphatic heterocycles. The standard InChI is InChI=1S/C23H38N6O2.HI/c1-27(2)22(30)17-26-23(25-16-20-9-15-31-18-20)28(3)12-6-19-7-13-29(14-8-19)21-4-10-24-11-5-21;/h4-5,10-11,19-20H,6-9,12-18H2,1-3H3,(H,25,26);1H. The van der Waals surface area contributed by atoms with Gasteiger partial charge in [0.2, 0.25) is 5.91 Å². The van der Waals surface area contributed by atoms with Gasteiger partial charge in [-0.15, -0.1) is 24.0 Å². The molecule has 3 heterocycles. The largest absolute Gasteiger partial charge is 0.381 e. The highest BCUT2D eigenvalue weighted by atomic mass is 127. The quantitative estimate of drug-likeness (QED) is 0.300. The number of hydrogen-bond acceptors (Lipinski definition) is 5. The number of likely N-dealkylation sites (N-methyl/N-ethyl adjacent to an activating group) is 1. The summed E-state index contributed by atoms with van der Waals surface area (Å²) >= 11 is 0. The van der Waals surface area contributed by atoms with Gasteiger partial charge in [0.05, 0.1) is 6.61 Å². The number of nitrogens with one attached hydrogen (secondary N) is 1. The molecule has 1 unspecified atom stereocenters. The number of ether oxygens (including phenoxy) is 1. The number of nitrogens with zero attached hydrogens (tertiary/aromatic N) is 5. The van der Waals surface area contributed by atoms with Gasteiger partial charge in [-0.3, -0.25) is 9.78 Å². The highest BCUT2D eigenvalue weighted by Gasteiger charge is 2.21. The maximum atomic E-state index is 12.0. The molecule has 0 spiro atoms. The van der Waals surface area contributed by atoms with Gasteiger partial charge in [0, 0.05) is 77.9 Å². The van der Waals surface area contributed by atoms with Gasteiger partial charge in [-0.05, 0) is 43.7 Å². The molecule has 0 aliphatic carbocycles. The summed E-state index contributed by atoms with van der Waals surface area (Å²) in [6.45, 7) is 5.77. The van der Waals surface area contributed by atoms with Crippen molar-refractivity contribution in [2.75, 3.05) is 72.0 Å². The minimum atomic E-state index is 0. The lowest BCUT2D eigenvalue weighted by molar-refractivity contribution is -0.127. The van der Waals surface area contributed by atoms with Crippen LogP contribution >= 0.6 is 24.0 Å². The van der Waals surface area contributed by atoms with Crippen molar-refractivity contribution < 1.29 is 9.53 Å². The summed E-state index contributed by atoms with van der Waals surface area (Å²) in [5, 5.41) is 3.48. The van der Waals surface area contributed by atoms with Crippen LogP contribution in [0, 0.1) is 11.8 Å². The second-order valence-corrected chi connectivity index (χ2v) is 8.88. The molecule has 0 aromatic carbocycles. The van der Waals surface area contributed by atoms with Gasteiger partial charge in [0.25, 0.3) is 0 Å². The van der Waals surface area contributed by atoms with Gasteiger partial charge < -0.3 is 24.8 Å². The number of pyridine rings is 1. The summed E-state index contributed by atoms with van der Waals surface area (Å²) in [7, 11) is 5.61. The predicted octanol–water partition coefficient (Wildman–Crippen LogP) is 2.31. The molecule has 180 valence electrons. The number of carbonyl (C=O) groups is 1. The van der Waals surface area contributed by atoms with Crippen molar-refractivity contribution in [1.82, 2.24) is 20.1 Å². The van der Waals surface area contributed by atoms with Crippen molar-refractivity contribution in [2.24, 2.45) is 16.8 Å². The Hall–Kier alpha value is -1.62. The molecule has 3 rings (SSSR count). The molecule has 1 atom stereocenters. The monoisotopic (exact) mass is 558 g/mol. The van der Waals surface area contributed by atoms with E-state index in [9.17, 15) is 4.79 Å². The molecule has 32 heavy (non-hydrogen) atoms. The molecular weight excluding hydrogens is 519 g/mol. The molecule has 1 aromatic rings. The van der Waals surface area contributed by atoms with Crippen molar-refractivity contribution in [2.45, 2.75) is 25.7 Å². The van der Waals surface area contributed by atoms with Crippen LogP contribution in [0.15, 0.2) is 29.5 Å². The van der Waals surface area contributed by atoms with Crippen LogP contribution in [-0.4, -0.2) is 93.7 Å². The van der Waals surface area contributed by atoms with Crippen LogP contribution in [0.1, 0.15) is 25.7 Å². The van der Waals surface area contributed by atoms with Crippen molar-refractivity contribution in [3.05, 3.63) is 24.5 Å². The molecule has 2 saturated heterocycles. The maximum absolute atomic E-state index is 12.0. The van der Waals surface area contributed by atoms with Gasteiger partial charge in [0.15, 0.2) is 5.96 Å². The Balaban J connectivity index is 0.00000363. The summed E-state index contributed by atoms with van der Waals surface area (Å²) in [6, 6.07) is 4.18. The third-order valence-electron chi connectivity index (χ3n) is 6.31. The Kier molecular flexibility index (Phi) is 11.5. The topological polar surface area (TPSA) is 73.3 Å². The first-order valence-electron chi connectivity index (χ1n) is 11.4. The lowest BCUT2D eigenvalue weighted by atomic mass is 9.93. The van der Waals surface area contributed by atoms with Gasteiger partial charge >= 0.3 is 0 Å². The Bertz CT molecular complexity index is 704. The molecule has 0 radical (unpaired) electrons. The first-order chi connectivity index (χ1) is 15.0. The van der Waals surface area contributed by atoms with Crippen LogP contribution in [-0.2, 0) is 9.53 Å². The van der Waals surface area contributed by atoms with Crippen LogP contribution in [0.2, 0.25) is 0 Å². The number of piperidine rings is 1. The van der Waals surface area contributed by atoms with E-state index in [2.05, 4.69) is 44.3 Å². The fraction of sp³-hybridized carbons (Fsp3) is 0.696. The SMILES string of the molecule is CN(C)C(=O)CN=C(NCC1CCOC1)N(C)CCC1CCN(c2ccncc2)CC1.I. The summed E-state index contributed by atoms with van der Waals surface area (Å²) in [5.74, 6) is 2.06. The summed E-state index contributed by atoms with van der Waals surface area (Å²) in [4.78, 5) is 27.0. The highest BCUT2D eigenvalue weighted by Crippen LogP contribution is 2.24. The van der Waals surface area contributed by atoms with E-state index in [4.69, 9.17) is 4.74 Å². The number of halogens is 1. The molecule has 0 bridgehead atoms. The second kappa shape index (κ2) is 13.8. The molecule has 8 nitrogen and oxygen atoms in total. The normalized spacial score (nSPS) is 19.4. The molecule has 2 aliphatic rings. The zero-order valence-corrected chi connectivity index (χ0v) is 22.0. The van der Waals surface area contributed by atoms with Crippen LogP contribution in [0.4, 0.5) is 5.69 Å². The van der Waals surface area contributed by atoms with E-state index in [1.807, 2.05) is 12.4 Å². The average Bonchev–Trinajstić information content (AvgIpc) is 3.32. The van der Waals surface area contributed by atoms with Crippen LogP contribution in [0.3, 0.4) is 0 Å². The molecular formula is C23H39IN6O2. The fourth-order valence-corrected chi connectivity index (χ4v) is 4.09. The summed E-state index contributed by atoms with van der Waals surface area (Å²) in [5.41, 5.74) is 1.27. The Morgan fingerprint density at radius 1 is 1.19 bits per heavy atom. The van der Waals surface area contributed by atoms with Crippen molar-refractivity contribution in [1.29, 1.82) is 0 Å². The third kappa shape index (κ3) is 8.38. The van der Waals surface area contributed by atoms with Crippen LogP contribution in [0.5, 0.6) is 0 Å². The number of anilines is 1. The minimum absolute atomic E-state index is 0. The Morgan fingerprint density at radius 3 is 2.53 bits per heavy atom. The smallest absolute Gasteiger partial charge is 0.243 e. The van der Waals surface area contributed by atoms with Crippen LogP contribution in [0.25, 0.3) is 0 Å². The maximum Gasteiger partial charge on any atom is 0.243 e. The van der Waals surface area contributed by atoms with Gasteiger partial charge in [-0.1, -0.05) is 0 Å². The predicted molar refractivity (Wildman–Crippen MR) is 140 cm³/mol. The highest BCUT2D eigenvalue weighted by molar-refractivity contribution is 14.0. The fourth-order valence-electron chi connectivity index (χ4n) is 4.09. The van der Waals surface area contributed by atoms with Crippen LogP contribution < -0.4 is 10.2 Å². The van der Waals surface area contributed by atoms with Gasteiger partial charge in [-0.25, -0.2) is 4.99 Å². The lowest BCUT2D eigenvalue weighted by Crippen LogP contribution is -2.43.